The second kappa shape index (κ2) is 5.87. The second-order valence-electron chi connectivity index (χ2n) is 4.62. The lowest BCUT2D eigenvalue weighted by molar-refractivity contribution is 0.0734. The first-order valence-electron chi connectivity index (χ1n) is 6.06. The van der Waals surface area contributed by atoms with Crippen molar-refractivity contribution in [3.63, 3.8) is 0 Å². The van der Waals surface area contributed by atoms with Crippen LogP contribution in [-0.2, 0) is 9.84 Å². The summed E-state index contributed by atoms with van der Waals surface area (Å²) in [7, 11) is -3.38. The van der Waals surface area contributed by atoms with E-state index in [2.05, 4.69) is 0 Å². The van der Waals surface area contributed by atoms with Crippen molar-refractivity contribution in [1.82, 2.24) is 0 Å². The molecule has 2 rings (SSSR count). The molecule has 0 atom stereocenters. The number of sulfone groups is 1. The average molecular weight is 325 g/mol. The minimum Gasteiger partial charge on any atom is -0.421 e. The number of rotatable bonds is 3. The van der Waals surface area contributed by atoms with E-state index in [0.29, 0.717) is 5.02 Å². The lowest BCUT2D eigenvalue weighted by atomic mass is 10.2. The van der Waals surface area contributed by atoms with Gasteiger partial charge in [-0.1, -0.05) is 23.7 Å². The lowest BCUT2D eigenvalue weighted by Crippen LogP contribution is -2.10. The summed E-state index contributed by atoms with van der Waals surface area (Å²) in [6.45, 7) is 1.85. The molecule has 0 fully saturated rings. The van der Waals surface area contributed by atoms with Gasteiger partial charge < -0.3 is 4.74 Å². The maximum atomic E-state index is 12.1. The van der Waals surface area contributed by atoms with Crippen LogP contribution in [0.2, 0.25) is 5.02 Å². The minimum atomic E-state index is -3.38. The van der Waals surface area contributed by atoms with E-state index in [1.807, 2.05) is 6.92 Å². The summed E-state index contributed by atoms with van der Waals surface area (Å²) < 4.78 is 28.2. The summed E-state index contributed by atoms with van der Waals surface area (Å²) in [6, 6.07) is 10.7. The highest BCUT2D eigenvalue weighted by Crippen LogP contribution is 2.26. The molecule has 0 heterocycles. The number of halogens is 1. The van der Waals surface area contributed by atoms with Crippen LogP contribution < -0.4 is 4.74 Å². The topological polar surface area (TPSA) is 60.4 Å². The van der Waals surface area contributed by atoms with Crippen LogP contribution in [0.5, 0.6) is 5.75 Å². The van der Waals surface area contributed by atoms with E-state index >= 15 is 0 Å². The van der Waals surface area contributed by atoms with Crippen LogP contribution in [0.3, 0.4) is 0 Å². The van der Waals surface area contributed by atoms with E-state index in [-0.39, 0.29) is 16.2 Å². The third-order valence-corrected chi connectivity index (χ3v) is 4.21. The molecule has 21 heavy (non-hydrogen) atoms. The third kappa shape index (κ3) is 3.83. The molecule has 0 spiro atoms. The van der Waals surface area contributed by atoms with Crippen molar-refractivity contribution in [2.24, 2.45) is 0 Å². The molecule has 0 aromatic heterocycles. The Balaban J connectivity index is 2.31. The Morgan fingerprint density at radius 1 is 1.14 bits per heavy atom. The van der Waals surface area contributed by atoms with Gasteiger partial charge in [-0.2, -0.15) is 0 Å². The van der Waals surface area contributed by atoms with E-state index < -0.39 is 15.8 Å². The Labute approximate surface area is 128 Å². The van der Waals surface area contributed by atoms with Gasteiger partial charge in [0.2, 0.25) is 0 Å². The second-order valence-corrected chi connectivity index (χ2v) is 7.05. The predicted molar refractivity (Wildman–Crippen MR) is 80.7 cm³/mol. The van der Waals surface area contributed by atoms with Crippen molar-refractivity contribution in [2.75, 3.05) is 6.26 Å². The van der Waals surface area contributed by atoms with E-state index in [4.69, 9.17) is 16.3 Å². The Kier molecular flexibility index (Phi) is 4.34. The lowest BCUT2D eigenvalue weighted by Gasteiger charge is -2.08. The zero-order valence-electron chi connectivity index (χ0n) is 11.5. The van der Waals surface area contributed by atoms with Gasteiger partial charge in [-0.05, 0) is 42.8 Å². The van der Waals surface area contributed by atoms with Crippen LogP contribution in [0, 0.1) is 6.92 Å². The number of hydrogen-bond acceptors (Lipinski definition) is 4. The molecule has 0 radical (unpaired) electrons. The average Bonchev–Trinajstić information content (AvgIpc) is 2.42. The summed E-state index contributed by atoms with van der Waals surface area (Å²) in [5.41, 5.74) is 1.04. The van der Waals surface area contributed by atoms with Crippen molar-refractivity contribution in [3.05, 3.63) is 58.6 Å². The monoisotopic (exact) mass is 324 g/mol. The molecule has 0 saturated carbocycles. The van der Waals surface area contributed by atoms with Crippen molar-refractivity contribution < 1.29 is 17.9 Å². The highest BCUT2D eigenvalue weighted by molar-refractivity contribution is 7.90. The molecule has 2 aromatic carbocycles. The van der Waals surface area contributed by atoms with Gasteiger partial charge in [0.25, 0.3) is 0 Å². The number of carbonyl (C=O) groups excluding carboxylic acids is 1. The fourth-order valence-corrected chi connectivity index (χ4v) is 2.52. The molecule has 0 bridgehead atoms. The highest BCUT2D eigenvalue weighted by Gasteiger charge is 2.14. The van der Waals surface area contributed by atoms with Crippen LogP contribution in [0.4, 0.5) is 0 Å². The Hall–Kier alpha value is -1.85. The predicted octanol–water partition coefficient (Wildman–Crippen LogP) is 3.27. The molecule has 6 heteroatoms. The molecule has 2 aromatic rings. The van der Waals surface area contributed by atoms with Gasteiger partial charge in [0.15, 0.2) is 9.84 Å². The Bertz CT molecular complexity index is 797. The number of carbonyl (C=O) groups is 1. The van der Waals surface area contributed by atoms with Crippen LogP contribution in [0.15, 0.2) is 47.4 Å². The standard InChI is InChI=1S/C15H13ClO4S/c1-10-6-7-13(16)14(8-10)20-15(17)11-4-3-5-12(9-11)21(2,18)19/h3-9H,1-2H3. The number of ether oxygens (including phenoxy) is 1. The molecule has 0 amide bonds. The molecule has 0 aliphatic carbocycles. The van der Waals surface area contributed by atoms with Gasteiger partial charge in [-0.15, -0.1) is 0 Å². The fraction of sp³-hybridized carbons (Fsp3) is 0.133. The molecule has 0 N–H and O–H groups in total. The summed E-state index contributed by atoms with van der Waals surface area (Å²) in [6.07, 6.45) is 1.08. The smallest absolute Gasteiger partial charge is 0.343 e. The fourth-order valence-electron chi connectivity index (χ4n) is 1.70. The first-order valence-corrected chi connectivity index (χ1v) is 8.33. The normalized spacial score (nSPS) is 11.2. The van der Waals surface area contributed by atoms with Crippen LogP contribution in [0.25, 0.3) is 0 Å². The van der Waals surface area contributed by atoms with Gasteiger partial charge in [0, 0.05) is 6.26 Å². The number of hydrogen-bond donors (Lipinski definition) is 0. The molecular weight excluding hydrogens is 312 g/mol. The summed E-state index contributed by atoms with van der Waals surface area (Å²) >= 11 is 5.96. The van der Waals surface area contributed by atoms with Crippen molar-refractivity contribution in [1.29, 1.82) is 0 Å². The van der Waals surface area contributed by atoms with E-state index in [1.165, 1.54) is 24.3 Å². The number of esters is 1. The highest BCUT2D eigenvalue weighted by atomic mass is 35.5. The van der Waals surface area contributed by atoms with Crippen molar-refractivity contribution in [2.45, 2.75) is 11.8 Å². The summed E-state index contributed by atoms with van der Waals surface area (Å²) in [4.78, 5) is 12.1. The van der Waals surface area contributed by atoms with E-state index in [9.17, 15) is 13.2 Å². The first-order chi connectivity index (χ1) is 9.77. The maximum Gasteiger partial charge on any atom is 0.343 e. The summed E-state index contributed by atoms with van der Waals surface area (Å²) in [5.74, 6) is -0.417. The number of aryl methyl sites for hydroxylation is 1. The third-order valence-electron chi connectivity index (χ3n) is 2.79. The zero-order valence-corrected chi connectivity index (χ0v) is 13.0. The molecule has 0 aliphatic heterocycles. The molecule has 110 valence electrons. The van der Waals surface area contributed by atoms with Crippen molar-refractivity contribution in [3.8, 4) is 5.75 Å². The largest absolute Gasteiger partial charge is 0.421 e. The van der Waals surface area contributed by atoms with Gasteiger partial charge >= 0.3 is 5.97 Å². The SMILES string of the molecule is Cc1ccc(Cl)c(OC(=O)c2cccc(S(C)(=O)=O)c2)c1. The van der Waals surface area contributed by atoms with Gasteiger partial charge in [-0.3, -0.25) is 0 Å². The molecular formula is C15H13ClO4S. The minimum absolute atomic E-state index is 0.0623. The number of benzene rings is 2. The zero-order chi connectivity index (χ0) is 15.6. The van der Waals surface area contributed by atoms with Gasteiger partial charge in [-0.25, -0.2) is 13.2 Å². The summed E-state index contributed by atoms with van der Waals surface area (Å²) in [5, 5.41) is 0.313. The first kappa shape index (κ1) is 15.5. The van der Waals surface area contributed by atoms with Gasteiger partial charge in [0.05, 0.1) is 15.5 Å². The Morgan fingerprint density at radius 2 is 1.86 bits per heavy atom. The molecule has 0 aliphatic rings. The molecule has 0 unspecified atom stereocenters. The maximum absolute atomic E-state index is 12.1. The van der Waals surface area contributed by atoms with E-state index in [0.717, 1.165) is 11.8 Å². The molecule has 0 saturated heterocycles. The quantitative estimate of drug-likeness (QED) is 0.642. The molecule has 4 nitrogen and oxygen atoms in total. The van der Waals surface area contributed by atoms with Gasteiger partial charge in [0.1, 0.15) is 5.75 Å². The van der Waals surface area contributed by atoms with Crippen LogP contribution in [-0.4, -0.2) is 20.6 Å². The van der Waals surface area contributed by atoms with E-state index in [1.54, 1.807) is 18.2 Å². The van der Waals surface area contributed by atoms with Crippen molar-refractivity contribution >= 4 is 27.4 Å². The van der Waals surface area contributed by atoms with Crippen LogP contribution in [0.1, 0.15) is 15.9 Å². The van der Waals surface area contributed by atoms with Crippen LogP contribution >= 0.6 is 11.6 Å². The Morgan fingerprint density at radius 3 is 2.52 bits per heavy atom.